The van der Waals surface area contributed by atoms with E-state index in [9.17, 15) is 9.90 Å². The van der Waals surface area contributed by atoms with Crippen LogP contribution in [-0.2, 0) is 16.0 Å². The van der Waals surface area contributed by atoms with Gasteiger partial charge in [0.1, 0.15) is 17.9 Å². The summed E-state index contributed by atoms with van der Waals surface area (Å²) in [5.41, 5.74) is -0.398. The Balaban J connectivity index is 2.50. The highest BCUT2D eigenvalue weighted by molar-refractivity contribution is 7.71. The highest BCUT2D eigenvalue weighted by Crippen LogP contribution is 2.27. The molecule has 1 aliphatic heterocycles. The lowest BCUT2D eigenvalue weighted by Gasteiger charge is -2.15. The third-order valence-electron chi connectivity index (χ3n) is 2.76. The summed E-state index contributed by atoms with van der Waals surface area (Å²) in [5, 5.41) is 10.2. The molecular formula is C13H16N2O4S. The highest BCUT2D eigenvalue weighted by Gasteiger charge is 2.29. The van der Waals surface area contributed by atoms with Gasteiger partial charge in [-0.1, -0.05) is 6.08 Å². The first kappa shape index (κ1) is 14.5. The summed E-state index contributed by atoms with van der Waals surface area (Å²) in [5.74, 6) is -0.485. The number of allylic oxidation sites excluding steroid dienone is 1. The van der Waals surface area contributed by atoms with Crippen LogP contribution in [0.1, 0.15) is 19.4 Å². The smallest absolute Gasteiger partial charge is 0.262 e. The Morgan fingerprint density at radius 1 is 1.60 bits per heavy atom. The van der Waals surface area contributed by atoms with Gasteiger partial charge in [-0.15, -0.1) is 6.58 Å². The topological polar surface area (TPSA) is 76.5 Å². The van der Waals surface area contributed by atoms with E-state index in [1.807, 2.05) is 0 Å². The molecule has 1 saturated heterocycles. The molecule has 0 aliphatic carbocycles. The lowest BCUT2D eigenvalue weighted by atomic mass is 10.2. The number of aromatic nitrogens is 2. The fourth-order valence-corrected chi connectivity index (χ4v) is 2.11. The van der Waals surface area contributed by atoms with Crippen LogP contribution in [-0.4, -0.2) is 27.1 Å². The van der Waals surface area contributed by atoms with E-state index in [0.717, 1.165) is 0 Å². The average molecular weight is 296 g/mol. The number of nitrogens with one attached hydrogen (secondary N) is 1. The van der Waals surface area contributed by atoms with Crippen LogP contribution in [0.2, 0.25) is 0 Å². The third kappa shape index (κ3) is 2.83. The Labute approximate surface area is 121 Å². The summed E-state index contributed by atoms with van der Waals surface area (Å²) in [6.07, 6.45) is 3.03. The van der Waals surface area contributed by atoms with E-state index >= 15 is 0 Å². The number of aromatic hydroxyl groups is 1. The molecule has 0 radical (unpaired) electrons. The van der Waals surface area contributed by atoms with Crippen molar-refractivity contribution in [1.82, 2.24) is 9.55 Å². The van der Waals surface area contributed by atoms with E-state index in [0.29, 0.717) is 12.3 Å². The lowest BCUT2D eigenvalue weighted by molar-refractivity contribution is -0.116. The fraction of sp³-hybridized carbons (Fsp3) is 0.385. The molecule has 1 aromatic rings. The second-order valence-electron chi connectivity index (χ2n) is 4.80. The van der Waals surface area contributed by atoms with Crippen molar-refractivity contribution in [3.63, 3.8) is 0 Å². The first-order valence-electron chi connectivity index (χ1n) is 6.04. The van der Waals surface area contributed by atoms with Crippen LogP contribution in [0.3, 0.4) is 0 Å². The second kappa shape index (κ2) is 5.26. The van der Waals surface area contributed by atoms with Crippen LogP contribution in [0.15, 0.2) is 23.2 Å². The Hall–Kier alpha value is -1.86. The molecule has 20 heavy (non-hydrogen) atoms. The molecular weight excluding hydrogens is 280 g/mol. The van der Waals surface area contributed by atoms with E-state index in [1.54, 1.807) is 19.9 Å². The van der Waals surface area contributed by atoms with Crippen LogP contribution in [0, 0.1) is 4.77 Å². The van der Waals surface area contributed by atoms with Gasteiger partial charge in [-0.3, -0.25) is 14.3 Å². The molecule has 108 valence electrons. The summed E-state index contributed by atoms with van der Waals surface area (Å²) in [4.78, 5) is 14.4. The number of aromatic amines is 1. The summed E-state index contributed by atoms with van der Waals surface area (Å²) < 4.78 is 12.4. The minimum absolute atomic E-state index is 0.0803. The minimum Gasteiger partial charge on any atom is -0.494 e. The molecule has 7 heteroatoms. The molecule has 2 N–H and O–H groups in total. The van der Waals surface area contributed by atoms with Crippen LogP contribution >= 0.6 is 12.2 Å². The summed E-state index contributed by atoms with van der Waals surface area (Å²) in [6, 6.07) is 0. The average Bonchev–Trinajstić information content (AvgIpc) is 2.69. The van der Waals surface area contributed by atoms with Gasteiger partial charge in [0, 0.05) is 20.4 Å². The van der Waals surface area contributed by atoms with Gasteiger partial charge in [-0.25, -0.2) is 0 Å². The van der Waals surface area contributed by atoms with Crippen molar-refractivity contribution in [3.05, 3.63) is 39.1 Å². The third-order valence-corrected chi connectivity index (χ3v) is 3.09. The number of rotatable bonds is 3. The maximum Gasteiger partial charge on any atom is 0.262 e. The quantitative estimate of drug-likeness (QED) is 0.658. The Bertz CT molecular complexity index is 685. The van der Waals surface area contributed by atoms with E-state index in [2.05, 4.69) is 11.6 Å². The zero-order chi connectivity index (χ0) is 14.9. The largest absolute Gasteiger partial charge is 0.494 e. The Morgan fingerprint density at radius 3 is 2.85 bits per heavy atom. The standard InChI is InChI=1S/C13H16N2O4S/c1-4-5-15-11(17)9(10(16)14-12(15)20)6-8-7-18-13(2,3)19-8/h4,6,17H,1,5,7H2,2-3H3,(H,14,16,20). The molecule has 0 spiro atoms. The predicted octanol–water partition coefficient (Wildman–Crippen LogP) is 1.92. The summed E-state index contributed by atoms with van der Waals surface area (Å²) in [7, 11) is 0. The van der Waals surface area contributed by atoms with Gasteiger partial charge in [0.05, 0.1) is 0 Å². The van der Waals surface area contributed by atoms with Crippen LogP contribution in [0.25, 0.3) is 6.08 Å². The SMILES string of the molecule is C=CCn1c(O)c(C=C2COC(C)(C)O2)c(=O)[nH]c1=S. The molecule has 0 bridgehead atoms. The van der Waals surface area contributed by atoms with Crippen LogP contribution in [0.4, 0.5) is 0 Å². The van der Waals surface area contributed by atoms with Crippen molar-refractivity contribution in [2.45, 2.75) is 26.2 Å². The zero-order valence-corrected chi connectivity index (χ0v) is 12.1. The highest BCUT2D eigenvalue weighted by atomic mass is 32.1. The van der Waals surface area contributed by atoms with Gasteiger partial charge in [-0.2, -0.15) is 0 Å². The van der Waals surface area contributed by atoms with Gasteiger partial charge >= 0.3 is 0 Å². The van der Waals surface area contributed by atoms with Gasteiger partial charge in [0.25, 0.3) is 5.56 Å². The molecule has 0 aromatic carbocycles. The number of H-pyrrole nitrogens is 1. The Morgan fingerprint density at radius 2 is 2.30 bits per heavy atom. The fourth-order valence-electron chi connectivity index (χ4n) is 1.86. The molecule has 6 nitrogen and oxygen atoms in total. The molecule has 0 unspecified atom stereocenters. The monoisotopic (exact) mass is 296 g/mol. The van der Waals surface area contributed by atoms with Crippen molar-refractivity contribution in [2.24, 2.45) is 0 Å². The van der Waals surface area contributed by atoms with Crippen LogP contribution < -0.4 is 5.56 Å². The van der Waals surface area contributed by atoms with Gasteiger partial charge in [0.2, 0.25) is 11.7 Å². The predicted molar refractivity (Wildman–Crippen MR) is 76.8 cm³/mol. The van der Waals surface area contributed by atoms with Crippen molar-refractivity contribution in [2.75, 3.05) is 6.61 Å². The maximum absolute atomic E-state index is 11.9. The second-order valence-corrected chi connectivity index (χ2v) is 5.18. The number of ether oxygens (including phenoxy) is 2. The summed E-state index contributed by atoms with van der Waals surface area (Å²) >= 11 is 4.99. The molecule has 2 rings (SSSR count). The van der Waals surface area contributed by atoms with Crippen molar-refractivity contribution in [3.8, 4) is 5.88 Å². The first-order chi connectivity index (χ1) is 9.34. The molecule has 1 aliphatic rings. The molecule has 1 aromatic heterocycles. The molecule has 2 heterocycles. The van der Waals surface area contributed by atoms with Gasteiger partial charge in [0.15, 0.2) is 4.77 Å². The van der Waals surface area contributed by atoms with Crippen molar-refractivity contribution >= 4 is 18.3 Å². The Kier molecular flexibility index (Phi) is 3.82. The van der Waals surface area contributed by atoms with Crippen LogP contribution in [0.5, 0.6) is 5.88 Å². The molecule has 0 saturated carbocycles. The van der Waals surface area contributed by atoms with Crippen molar-refractivity contribution < 1.29 is 14.6 Å². The molecule has 1 fully saturated rings. The van der Waals surface area contributed by atoms with Gasteiger partial charge < -0.3 is 14.6 Å². The van der Waals surface area contributed by atoms with Crippen molar-refractivity contribution in [1.29, 1.82) is 0 Å². The number of hydrogen-bond donors (Lipinski definition) is 2. The lowest BCUT2D eigenvalue weighted by Crippen LogP contribution is -2.19. The summed E-state index contributed by atoms with van der Waals surface area (Å²) in [6.45, 7) is 7.65. The number of nitrogens with zero attached hydrogens (tertiary/aromatic N) is 1. The minimum atomic E-state index is -0.733. The van der Waals surface area contributed by atoms with E-state index in [1.165, 1.54) is 10.6 Å². The first-order valence-corrected chi connectivity index (χ1v) is 6.45. The maximum atomic E-state index is 11.9. The van der Waals surface area contributed by atoms with Gasteiger partial charge in [-0.05, 0) is 18.3 Å². The molecule has 0 atom stereocenters. The van der Waals surface area contributed by atoms with E-state index < -0.39 is 11.3 Å². The molecule has 0 amide bonds. The number of hydrogen-bond acceptors (Lipinski definition) is 5. The normalized spacial score (nSPS) is 19.0. The van der Waals surface area contributed by atoms with E-state index in [4.69, 9.17) is 21.7 Å². The zero-order valence-electron chi connectivity index (χ0n) is 11.3. The van der Waals surface area contributed by atoms with E-state index in [-0.39, 0.29) is 22.8 Å².